The van der Waals surface area contributed by atoms with Crippen LogP contribution in [0, 0.1) is 57.7 Å². The van der Waals surface area contributed by atoms with Gasteiger partial charge in [-0.1, -0.05) is 116 Å². The Hall–Kier alpha value is -1.56. The summed E-state index contributed by atoms with van der Waals surface area (Å²) in [5.74, 6) is 6.25. The molecule has 0 heterocycles. The summed E-state index contributed by atoms with van der Waals surface area (Å²) in [6.07, 6.45) is 31.8. The van der Waals surface area contributed by atoms with Crippen molar-refractivity contribution in [2.75, 3.05) is 0 Å². The fourth-order valence-corrected chi connectivity index (χ4v) is 11.2. The van der Waals surface area contributed by atoms with Crippen LogP contribution in [-0.2, 0) is 0 Å². The molecule has 222 valence electrons. The van der Waals surface area contributed by atoms with Gasteiger partial charge in [-0.3, -0.25) is 0 Å². The van der Waals surface area contributed by atoms with E-state index in [1.807, 2.05) is 6.08 Å². The molecule has 0 radical (unpaired) electrons. The molecule has 0 amide bonds. The zero-order valence-corrected chi connectivity index (χ0v) is 27.2. The first-order chi connectivity index (χ1) is 19.1. The van der Waals surface area contributed by atoms with Crippen LogP contribution in [0.25, 0.3) is 0 Å². The van der Waals surface area contributed by atoms with Crippen LogP contribution in [0.5, 0.6) is 0 Å². The summed E-state index contributed by atoms with van der Waals surface area (Å²) >= 11 is 0. The molecule has 0 bridgehead atoms. The zero-order valence-electron chi connectivity index (χ0n) is 27.2. The molecule has 9 atom stereocenters. The van der Waals surface area contributed by atoms with E-state index in [1.165, 1.54) is 88.2 Å². The Morgan fingerprint density at radius 2 is 1.50 bits per heavy atom. The van der Waals surface area contributed by atoms with Crippen molar-refractivity contribution in [2.24, 2.45) is 57.7 Å². The van der Waals surface area contributed by atoms with Crippen LogP contribution in [0.15, 0.2) is 73.4 Å². The van der Waals surface area contributed by atoms with Gasteiger partial charge in [0, 0.05) is 5.41 Å². The summed E-state index contributed by atoms with van der Waals surface area (Å²) in [7, 11) is 0. The Bertz CT molecular complexity index is 1000. The standard InChI is InChI=1S/C40H62/c1-10-14-19-32(13-4)40(31(12-3)16-11-2)27-26-38(8)33(28-40)20-21-34-36-23-22-35(30(7)18-15-17-29(5)6)39(36,9)25-24-37(34)38/h10-14,16,19,29-30,33-37H,2-4,15,17-18,20-28H2,1,5-9H3/b14-10-,31-16+,32-19+. The van der Waals surface area contributed by atoms with E-state index >= 15 is 0 Å². The van der Waals surface area contributed by atoms with Crippen molar-refractivity contribution in [1.82, 2.24) is 0 Å². The summed E-state index contributed by atoms with van der Waals surface area (Å²) in [6.45, 7) is 27.6. The second-order valence-electron chi connectivity index (χ2n) is 15.4. The molecule has 0 N–H and O–H groups in total. The zero-order chi connectivity index (χ0) is 29.1. The van der Waals surface area contributed by atoms with Gasteiger partial charge in [-0.2, -0.15) is 0 Å². The normalized spacial score (nSPS) is 40.8. The Labute approximate surface area is 249 Å². The number of hydrogen-bond donors (Lipinski definition) is 0. The lowest BCUT2D eigenvalue weighted by Gasteiger charge is -2.63. The molecule has 0 heteroatoms. The molecule has 4 fully saturated rings. The van der Waals surface area contributed by atoms with Crippen molar-refractivity contribution in [3.05, 3.63) is 73.4 Å². The third-order valence-electron chi connectivity index (χ3n) is 13.3. The third-order valence-corrected chi connectivity index (χ3v) is 13.3. The topological polar surface area (TPSA) is 0 Å². The minimum atomic E-state index is 0.00126. The summed E-state index contributed by atoms with van der Waals surface area (Å²) in [5, 5.41) is 0. The van der Waals surface area contributed by atoms with Crippen LogP contribution in [0.2, 0.25) is 0 Å². The summed E-state index contributed by atoms with van der Waals surface area (Å²) in [6, 6.07) is 0. The van der Waals surface area contributed by atoms with Crippen LogP contribution in [0.3, 0.4) is 0 Å². The smallest absolute Gasteiger partial charge is 0.0205 e. The highest BCUT2D eigenvalue weighted by Gasteiger charge is 2.62. The van der Waals surface area contributed by atoms with Crippen LogP contribution >= 0.6 is 0 Å². The Kier molecular flexibility index (Phi) is 10.0. The SMILES string of the molecule is C=C/C=C(\C=C)C1(/C(C=C)=C/C=C\C)CCC2(C)C(CCC3C2CCC2(C)C(C(C)CCCC(C)C)CCC32)C1. The molecule has 0 aliphatic heterocycles. The van der Waals surface area contributed by atoms with E-state index in [-0.39, 0.29) is 5.41 Å². The third kappa shape index (κ3) is 5.47. The first kappa shape index (κ1) is 31.4. The molecule has 0 spiro atoms. The second-order valence-corrected chi connectivity index (χ2v) is 15.4. The van der Waals surface area contributed by atoms with Crippen molar-refractivity contribution in [3.8, 4) is 0 Å². The lowest BCUT2D eigenvalue weighted by molar-refractivity contribution is -0.125. The molecule has 4 aliphatic rings. The van der Waals surface area contributed by atoms with E-state index in [9.17, 15) is 0 Å². The fourth-order valence-electron chi connectivity index (χ4n) is 11.2. The average Bonchev–Trinajstić information content (AvgIpc) is 3.29. The maximum absolute atomic E-state index is 4.30. The minimum Gasteiger partial charge on any atom is -0.0991 e. The Morgan fingerprint density at radius 1 is 0.800 bits per heavy atom. The fraction of sp³-hybridized carbons (Fsp3) is 0.700. The van der Waals surface area contributed by atoms with E-state index < -0.39 is 0 Å². The van der Waals surface area contributed by atoms with Gasteiger partial charge in [-0.05, 0) is 128 Å². The van der Waals surface area contributed by atoms with E-state index in [2.05, 4.69) is 97.7 Å². The van der Waals surface area contributed by atoms with Gasteiger partial charge in [0.15, 0.2) is 0 Å². The van der Waals surface area contributed by atoms with Crippen molar-refractivity contribution in [2.45, 2.75) is 119 Å². The molecule has 9 unspecified atom stereocenters. The number of fused-ring (bicyclic) bond motifs is 5. The van der Waals surface area contributed by atoms with Gasteiger partial charge in [-0.15, -0.1) is 0 Å². The lowest BCUT2D eigenvalue weighted by Crippen LogP contribution is -2.55. The molecule has 0 aromatic rings. The number of hydrogen-bond acceptors (Lipinski definition) is 0. The summed E-state index contributed by atoms with van der Waals surface area (Å²) in [5.41, 5.74) is 3.74. The highest BCUT2D eigenvalue weighted by Crippen LogP contribution is 2.70. The van der Waals surface area contributed by atoms with Gasteiger partial charge in [0.2, 0.25) is 0 Å². The van der Waals surface area contributed by atoms with Gasteiger partial charge < -0.3 is 0 Å². The quantitative estimate of drug-likeness (QED) is 0.228. The predicted octanol–water partition coefficient (Wildman–Crippen LogP) is 12.1. The van der Waals surface area contributed by atoms with Crippen LogP contribution < -0.4 is 0 Å². The molecule has 40 heavy (non-hydrogen) atoms. The summed E-state index contributed by atoms with van der Waals surface area (Å²) in [4.78, 5) is 0. The van der Waals surface area contributed by atoms with Crippen molar-refractivity contribution < 1.29 is 0 Å². The number of rotatable bonds is 11. The maximum Gasteiger partial charge on any atom is 0.0205 e. The second kappa shape index (κ2) is 12.8. The first-order valence-corrected chi connectivity index (χ1v) is 17.0. The van der Waals surface area contributed by atoms with Crippen molar-refractivity contribution in [3.63, 3.8) is 0 Å². The van der Waals surface area contributed by atoms with Crippen molar-refractivity contribution >= 4 is 0 Å². The van der Waals surface area contributed by atoms with Gasteiger partial charge >= 0.3 is 0 Å². The molecule has 4 rings (SSSR count). The molecule has 0 nitrogen and oxygen atoms in total. The molecule has 0 aromatic heterocycles. The van der Waals surface area contributed by atoms with E-state index in [1.54, 1.807) is 0 Å². The van der Waals surface area contributed by atoms with E-state index in [0.717, 1.165) is 41.4 Å². The highest BCUT2D eigenvalue weighted by molar-refractivity contribution is 5.44. The van der Waals surface area contributed by atoms with Gasteiger partial charge in [0.05, 0.1) is 0 Å². The largest absolute Gasteiger partial charge is 0.0991 e. The highest BCUT2D eigenvalue weighted by atomic mass is 14.7. The predicted molar refractivity (Wildman–Crippen MR) is 177 cm³/mol. The van der Waals surface area contributed by atoms with Gasteiger partial charge in [0.25, 0.3) is 0 Å². The molecule has 4 aliphatic carbocycles. The molecule has 0 saturated heterocycles. The maximum atomic E-state index is 4.30. The monoisotopic (exact) mass is 542 g/mol. The van der Waals surface area contributed by atoms with E-state index in [0.29, 0.717) is 10.8 Å². The molecular formula is C40H62. The van der Waals surface area contributed by atoms with Gasteiger partial charge in [-0.25, -0.2) is 0 Å². The van der Waals surface area contributed by atoms with Crippen LogP contribution in [0.4, 0.5) is 0 Å². The first-order valence-electron chi connectivity index (χ1n) is 17.0. The minimum absolute atomic E-state index is 0.00126. The lowest BCUT2D eigenvalue weighted by atomic mass is 9.41. The Balaban J connectivity index is 1.57. The molecular weight excluding hydrogens is 480 g/mol. The number of allylic oxidation sites excluding steroid dienone is 9. The van der Waals surface area contributed by atoms with Gasteiger partial charge in [0.1, 0.15) is 0 Å². The summed E-state index contributed by atoms with van der Waals surface area (Å²) < 4.78 is 0. The van der Waals surface area contributed by atoms with E-state index in [4.69, 9.17) is 0 Å². The molecule has 0 aromatic carbocycles. The van der Waals surface area contributed by atoms with Crippen LogP contribution in [0.1, 0.15) is 119 Å². The molecule has 4 saturated carbocycles. The van der Waals surface area contributed by atoms with Crippen molar-refractivity contribution in [1.29, 1.82) is 0 Å². The Morgan fingerprint density at radius 3 is 2.15 bits per heavy atom. The average molecular weight is 543 g/mol. The van der Waals surface area contributed by atoms with Crippen LogP contribution in [-0.4, -0.2) is 0 Å².